The molecule has 0 aliphatic rings. The number of hydrogen-bond acceptors (Lipinski definition) is 3. The maximum atomic E-state index is 13.5. The van der Waals surface area contributed by atoms with E-state index < -0.39 is 0 Å². The van der Waals surface area contributed by atoms with Crippen LogP contribution in [-0.2, 0) is 9.53 Å². The van der Waals surface area contributed by atoms with Crippen molar-refractivity contribution in [2.24, 2.45) is 0 Å². The summed E-state index contributed by atoms with van der Waals surface area (Å²) in [5.74, 6) is -0.291. The molecule has 112 valence electrons. The molecule has 1 aromatic rings. The van der Waals surface area contributed by atoms with Crippen LogP contribution in [0.1, 0.15) is 30.5 Å². The molecular weight excluding hydrogens is 259 g/mol. The monoisotopic (exact) mass is 282 g/mol. The Balaban J connectivity index is 2.33. The van der Waals surface area contributed by atoms with Gasteiger partial charge < -0.3 is 15.4 Å². The average Bonchev–Trinajstić information content (AvgIpc) is 2.44. The lowest BCUT2D eigenvalue weighted by Gasteiger charge is -2.14. The van der Waals surface area contributed by atoms with E-state index >= 15 is 0 Å². The second kappa shape index (κ2) is 8.66. The van der Waals surface area contributed by atoms with E-state index in [1.807, 2.05) is 13.0 Å². The number of nitrogens with one attached hydrogen (secondary N) is 2. The Labute approximate surface area is 119 Å². The predicted octanol–water partition coefficient (Wildman–Crippen LogP) is 1.94. The molecule has 0 heterocycles. The van der Waals surface area contributed by atoms with Crippen molar-refractivity contribution >= 4 is 5.91 Å². The maximum absolute atomic E-state index is 13.5. The Kier molecular flexibility index (Phi) is 7.18. The zero-order valence-electron chi connectivity index (χ0n) is 12.3. The van der Waals surface area contributed by atoms with Gasteiger partial charge in [-0.2, -0.15) is 0 Å². The number of aryl methyl sites for hydroxylation is 1. The highest BCUT2D eigenvalue weighted by Crippen LogP contribution is 2.15. The zero-order chi connectivity index (χ0) is 15.0. The molecule has 1 atom stereocenters. The van der Waals surface area contributed by atoms with Gasteiger partial charge in [-0.25, -0.2) is 4.39 Å². The Morgan fingerprint density at radius 2 is 2.20 bits per heavy atom. The van der Waals surface area contributed by atoms with Gasteiger partial charge in [0, 0.05) is 26.3 Å². The fourth-order valence-corrected chi connectivity index (χ4v) is 1.75. The molecule has 1 aromatic carbocycles. The van der Waals surface area contributed by atoms with E-state index in [4.69, 9.17) is 4.74 Å². The fourth-order valence-electron chi connectivity index (χ4n) is 1.75. The first-order valence-corrected chi connectivity index (χ1v) is 6.79. The minimum Gasteiger partial charge on any atom is -0.385 e. The summed E-state index contributed by atoms with van der Waals surface area (Å²) < 4.78 is 18.4. The van der Waals surface area contributed by atoms with Crippen molar-refractivity contribution < 1.29 is 13.9 Å². The van der Waals surface area contributed by atoms with Crippen LogP contribution in [0.15, 0.2) is 18.2 Å². The van der Waals surface area contributed by atoms with Crippen molar-refractivity contribution in [2.75, 3.05) is 26.8 Å². The Bertz CT molecular complexity index is 438. The molecule has 20 heavy (non-hydrogen) atoms. The average molecular weight is 282 g/mol. The molecule has 4 nitrogen and oxygen atoms in total. The van der Waals surface area contributed by atoms with Gasteiger partial charge in [-0.1, -0.05) is 12.1 Å². The van der Waals surface area contributed by atoms with Gasteiger partial charge in [0.1, 0.15) is 5.82 Å². The zero-order valence-corrected chi connectivity index (χ0v) is 12.3. The number of amides is 1. The van der Waals surface area contributed by atoms with Crippen LogP contribution in [0.5, 0.6) is 0 Å². The van der Waals surface area contributed by atoms with E-state index in [9.17, 15) is 9.18 Å². The molecule has 0 fully saturated rings. The van der Waals surface area contributed by atoms with Crippen LogP contribution in [0.25, 0.3) is 0 Å². The van der Waals surface area contributed by atoms with Crippen LogP contribution in [0, 0.1) is 12.7 Å². The van der Waals surface area contributed by atoms with Crippen molar-refractivity contribution in [3.63, 3.8) is 0 Å². The smallest absolute Gasteiger partial charge is 0.233 e. The van der Waals surface area contributed by atoms with Crippen LogP contribution in [0.4, 0.5) is 4.39 Å². The normalized spacial score (nSPS) is 12.2. The second-order valence-corrected chi connectivity index (χ2v) is 4.81. The molecule has 0 aromatic heterocycles. The number of carbonyl (C=O) groups is 1. The molecule has 0 saturated carbocycles. The molecular formula is C15H23FN2O2. The number of halogens is 1. The predicted molar refractivity (Wildman–Crippen MR) is 77.1 cm³/mol. The summed E-state index contributed by atoms with van der Waals surface area (Å²) in [5, 5.41) is 5.87. The van der Waals surface area contributed by atoms with Crippen molar-refractivity contribution in [3.8, 4) is 0 Å². The topological polar surface area (TPSA) is 50.4 Å². The second-order valence-electron chi connectivity index (χ2n) is 4.81. The van der Waals surface area contributed by atoms with Gasteiger partial charge in [0.15, 0.2) is 0 Å². The molecule has 1 unspecified atom stereocenters. The fraction of sp³-hybridized carbons (Fsp3) is 0.533. The highest BCUT2D eigenvalue weighted by molar-refractivity contribution is 5.77. The van der Waals surface area contributed by atoms with Crippen molar-refractivity contribution in [1.29, 1.82) is 0 Å². The van der Waals surface area contributed by atoms with Gasteiger partial charge in [0.2, 0.25) is 5.91 Å². The molecule has 0 bridgehead atoms. The van der Waals surface area contributed by atoms with Crippen LogP contribution >= 0.6 is 0 Å². The Morgan fingerprint density at radius 3 is 2.85 bits per heavy atom. The molecule has 0 aliphatic carbocycles. The van der Waals surface area contributed by atoms with Crippen LogP contribution in [-0.4, -0.2) is 32.7 Å². The lowest BCUT2D eigenvalue weighted by molar-refractivity contribution is -0.120. The van der Waals surface area contributed by atoms with Gasteiger partial charge in [-0.3, -0.25) is 4.79 Å². The van der Waals surface area contributed by atoms with Crippen molar-refractivity contribution in [2.45, 2.75) is 26.3 Å². The number of benzene rings is 1. The van der Waals surface area contributed by atoms with Gasteiger partial charge in [-0.05, 0) is 37.5 Å². The van der Waals surface area contributed by atoms with E-state index in [0.717, 1.165) is 12.0 Å². The van der Waals surface area contributed by atoms with E-state index in [1.54, 1.807) is 20.1 Å². The molecule has 1 amide bonds. The third-order valence-corrected chi connectivity index (χ3v) is 3.11. The standard InChI is InChI=1S/C15H23FN2O2/c1-11-5-6-13(9-14(11)16)12(2)18-10-15(19)17-7-4-8-20-3/h5-6,9,12,18H,4,7-8,10H2,1-3H3,(H,17,19). The van der Waals surface area contributed by atoms with Gasteiger partial charge in [-0.15, -0.1) is 0 Å². The first-order chi connectivity index (χ1) is 9.54. The maximum Gasteiger partial charge on any atom is 0.233 e. The summed E-state index contributed by atoms with van der Waals surface area (Å²) in [6.07, 6.45) is 0.793. The highest BCUT2D eigenvalue weighted by atomic mass is 19.1. The molecule has 0 aliphatic heterocycles. The summed E-state index contributed by atoms with van der Waals surface area (Å²) >= 11 is 0. The first-order valence-electron chi connectivity index (χ1n) is 6.79. The Morgan fingerprint density at radius 1 is 1.45 bits per heavy atom. The first kappa shape index (κ1) is 16.6. The minimum atomic E-state index is -0.222. The van der Waals surface area contributed by atoms with Crippen LogP contribution in [0.3, 0.4) is 0 Å². The summed E-state index contributed by atoms with van der Waals surface area (Å²) in [6.45, 7) is 5.07. The summed E-state index contributed by atoms with van der Waals surface area (Å²) in [4.78, 5) is 11.6. The van der Waals surface area contributed by atoms with Crippen molar-refractivity contribution in [3.05, 3.63) is 35.1 Å². The van der Waals surface area contributed by atoms with E-state index in [0.29, 0.717) is 18.7 Å². The Hall–Kier alpha value is -1.46. The summed E-state index contributed by atoms with van der Waals surface area (Å²) in [5.41, 5.74) is 1.46. The molecule has 2 N–H and O–H groups in total. The van der Waals surface area contributed by atoms with E-state index in [2.05, 4.69) is 10.6 Å². The van der Waals surface area contributed by atoms with Gasteiger partial charge >= 0.3 is 0 Å². The van der Waals surface area contributed by atoms with E-state index in [1.165, 1.54) is 6.07 Å². The lowest BCUT2D eigenvalue weighted by Crippen LogP contribution is -2.35. The molecule has 1 rings (SSSR count). The molecule has 0 spiro atoms. The quantitative estimate of drug-likeness (QED) is 0.716. The number of hydrogen-bond donors (Lipinski definition) is 2. The number of methoxy groups -OCH3 is 1. The lowest BCUT2D eigenvalue weighted by atomic mass is 10.1. The molecule has 5 heteroatoms. The third-order valence-electron chi connectivity index (χ3n) is 3.11. The number of ether oxygens (including phenoxy) is 1. The number of rotatable bonds is 8. The molecule has 0 radical (unpaired) electrons. The van der Waals surface area contributed by atoms with Crippen LogP contribution < -0.4 is 10.6 Å². The summed E-state index contributed by atoms with van der Waals surface area (Å²) in [7, 11) is 1.63. The van der Waals surface area contributed by atoms with Crippen molar-refractivity contribution in [1.82, 2.24) is 10.6 Å². The highest BCUT2D eigenvalue weighted by Gasteiger charge is 2.09. The van der Waals surface area contributed by atoms with E-state index in [-0.39, 0.29) is 24.3 Å². The third kappa shape index (κ3) is 5.67. The molecule has 0 saturated heterocycles. The van der Waals surface area contributed by atoms with Gasteiger partial charge in [0.25, 0.3) is 0 Å². The minimum absolute atomic E-state index is 0.0689. The SMILES string of the molecule is COCCCNC(=O)CNC(C)c1ccc(C)c(F)c1. The van der Waals surface area contributed by atoms with Crippen LogP contribution in [0.2, 0.25) is 0 Å². The largest absolute Gasteiger partial charge is 0.385 e. The number of carbonyl (C=O) groups excluding carboxylic acids is 1. The summed E-state index contributed by atoms with van der Waals surface area (Å²) in [6, 6.07) is 5.04. The van der Waals surface area contributed by atoms with Gasteiger partial charge in [0.05, 0.1) is 6.54 Å².